The van der Waals surface area contributed by atoms with Crippen molar-refractivity contribution in [3.05, 3.63) is 54.4 Å². The van der Waals surface area contributed by atoms with Gasteiger partial charge in [-0.2, -0.15) is 4.52 Å². The van der Waals surface area contributed by atoms with Crippen molar-refractivity contribution in [3.8, 4) is 0 Å². The van der Waals surface area contributed by atoms with Gasteiger partial charge in [0.25, 0.3) is 0 Å². The number of fused-ring (bicyclic) bond motifs is 1. The number of carbonyl (C=O) groups excluding carboxylic acids is 1. The zero-order valence-electron chi connectivity index (χ0n) is 14.6. The lowest BCUT2D eigenvalue weighted by atomic mass is 9.91. The van der Waals surface area contributed by atoms with Gasteiger partial charge in [0, 0.05) is 26.2 Å². The Bertz CT molecular complexity index is 913. The van der Waals surface area contributed by atoms with Crippen LogP contribution < -0.4 is 10.6 Å². The molecule has 0 bridgehead atoms. The molecule has 0 saturated carbocycles. The van der Waals surface area contributed by atoms with Gasteiger partial charge in [-0.1, -0.05) is 30.3 Å². The summed E-state index contributed by atoms with van der Waals surface area (Å²) in [7, 11) is 0. The zero-order chi connectivity index (χ0) is 18.1. The lowest BCUT2D eigenvalue weighted by molar-refractivity contribution is -0.137. The summed E-state index contributed by atoms with van der Waals surface area (Å²) in [6.07, 6.45) is 1.58. The number of aromatic nitrogens is 4. The second-order valence-corrected chi connectivity index (χ2v) is 6.67. The van der Waals surface area contributed by atoms with Gasteiger partial charge in [-0.25, -0.2) is 0 Å². The Balaban J connectivity index is 1.45. The lowest BCUT2D eigenvalue weighted by Crippen LogP contribution is -2.57. The second kappa shape index (κ2) is 6.38. The van der Waals surface area contributed by atoms with Crippen molar-refractivity contribution in [2.24, 2.45) is 5.73 Å². The highest BCUT2D eigenvalue weighted by Gasteiger charge is 2.35. The molecular weight excluding hydrogens is 330 g/mol. The Morgan fingerprint density at radius 3 is 2.54 bits per heavy atom. The van der Waals surface area contributed by atoms with Gasteiger partial charge in [-0.05, 0) is 24.6 Å². The monoisotopic (exact) mass is 351 g/mol. The van der Waals surface area contributed by atoms with Gasteiger partial charge in [-0.3, -0.25) is 4.79 Å². The molecule has 8 heteroatoms. The fourth-order valence-electron chi connectivity index (χ4n) is 3.26. The topological polar surface area (TPSA) is 92.7 Å². The molecule has 8 nitrogen and oxygen atoms in total. The molecule has 0 aliphatic carbocycles. The molecule has 4 rings (SSSR count). The highest BCUT2D eigenvalue weighted by atomic mass is 16.2. The number of piperazine rings is 1. The van der Waals surface area contributed by atoms with E-state index in [2.05, 4.69) is 20.2 Å². The summed E-state index contributed by atoms with van der Waals surface area (Å²) in [6.45, 7) is 4.41. The maximum absolute atomic E-state index is 12.9. The highest BCUT2D eigenvalue weighted by Crippen LogP contribution is 2.22. The van der Waals surface area contributed by atoms with E-state index in [4.69, 9.17) is 5.73 Å². The van der Waals surface area contributed by atoms with E-state index in [0.29, 0.717) is 31.8 Å². The summed E-state index contributed by atoms with van der Waals surface area (Å²) < 4.78 is 1.65. The minimum absolute atomic E-state index is 0.0504. The molecule has 1 aliphatic heterocycles. The summed E-state index contributed by atoms with van der Waals surface area (Å²) in [5, 5.41) is 12.3. The first kappa shape index (κ1) is 16.5. The first-order valence-electron chi connectivity index (χ1n) is 8.61. The highest BCUT2D eigenvalue weighted by molar-refractivity contribution is 5.87. The third kappa shape index (κ3) is 2.88. The number of benzene rings is 1. The van der Waals surface area contributed by atoms with E-state index < -0.39 is 5.54 Å². The zero-order valence-corrected chi connectivity index (χ0v) is 14.6. The molecule has 1 aliphatic rings. The molecule has 1 atom stereocenters. The molecule has 26 heavy (non-hydrogen) atoms. The van der Waals surface area contributed by atoms with E-state index in [9.17, 15) is 4.79 Å². The van der Waals surface area contributed by atoms with Gasteiger partial charge in [0.1, 0.15) is 17.7 Å². The van der Waals surface area contributed by atoms with Crippen LogP contribution in [0.25, 0.3) is 5.65 Å². The molecule has 0 spiro atoms. The summed E-state index contributed by atoms with van der Waals surface area (Å²) in [4.78, 5) is 16.9. The van der Waals surface area contributed by atoms with E-state index in [1.54, 1.807) is 17.8 Å². The minimum Gasteiger partial charge on any atom is -0.352 e. The van der Waals surface area contributed by atoms with Crippen molar-refractivity contribution in [2.75, 3.05) is 31.1 Å². The molecule has 1 saturated heterocycles. The lowest BCUT2D eigenvalue weighted by Gasteiger charge is -2.39. The first-order valence-corrected chi connectivity index (χ1v) is 8.61. The summed E-state index contributed by atoms with van der Waals surface area (Å²) in [5.41, 5.74) is 6.89. The molecule has 2 N–H and O–H groups in total. The van der Waals surface area contributed by atoms with E-state index in [1.165, 1.54) is 0 Å². The van der Waals surface area contributed by atoms with E-state index in [0.717, 1.165) is 11.4 Å². The van der Waals surface area contributed by atoms with Crippen LogP contribution in [0.15, 0.2) is 48.8 Å². The van der Waals surface area contributed by atoms with Gasteiger partial charge in [0.05, 0.1) is 0 Å². The average Bonchev–Trinajstić information content (AvgIpc) is 3.16. The van der Waals surface area contributed by atoms with Crippen LogP contribution in [0.1, 0.15) is 12.5 Å². The largest absolute Gasteiger partial charge is 0.352 e. The van der Waals surface area contributed by atoms with Crippen LogP contribution in [0.2, 0.25) is 0 Å². The molecule has 0 radical (unpaired) electrons. The number of hydrogen-bond acceptors (Lipinski definition) is 6. The van der Waals surface area contributed by atoms with Crippen LogP contribution in [0.4, 0.5) is 5.82 Å². The van der Waals surface area contributed by atoms with Gasteiger partial charge in [-0.15, -0.1) is 15.3 Å². The third-order valence-electron chi connectivity index (χ3n) is 4.86. The summed E-state index contributed by atoms with van der Waals surface area (Å²) in [5.74, 6) is 0.800. The number of anilines is 1. The summed E-state index contributed by atoms with van der Waals surface area (Å²) >= 11 is 0. The van der Waals surface area contributed by atoms with Crippen molar-refractivity contribution in [3.63, 3.8) is 0 Å². The number of nitrogens with zero attached hydrogens (tertiary/aromatic N) is 6. The van der Waals surface area contributed by atoms with Gasteiger partial charge >= 0.3 is 0 Å². The van der Waals surface area contributed by atoms with Crippen LogP contribution in [0.3, 0.4) is 0 Å². The predicted molar refractivity (Wildman–Crippen MR) is 97.6 cm³/mol. The van der Waals surface area contributed by atoms with Crippen molar-refractivity contribution in [1.82, 2.24) is 24.7 Å². The summed E-state index contributed by atoms with van der Waals surface area (Å²) in [6, 6.07) is 13.3. The molecule has 3 aromatic rings. The Morgan fingerprint density at radius 2 is 1.81 bits per heavy atom. The normalized spacial score (nSPS) is 17.3. The van der Waals surface area contributed by atoms with Crippen molar-refractivity contribution < 1.29 is 4.79 Å². The molecule has 1 fully saturated rings. The maximum atomic E-state index is 12.9. The fourth-order valence-corrected chi connectivity index (χ4v) is 3.26. The number of rotatable bonds is 3. The molecule has 3 heterocycles. The van der Waals surface area contributed by atoms with Crippen LogP contribution in [-0.4, -0.2) is 56.8 Å². The third-order valence-corrected chi connectivity index (χ3v) is 4.86. The van der Waals surface area contributed by atoms with Crippen LogP contribution in [0, 0.1) is 0 Å². The maximum Gasteiger partial charge on any atom is 0.247 e. The number of hydrogen-bond donors (Lipinski definition) is 1. The second-order valence-electron chi connectivity index (χ2n) is 6.67. The Labute approximate surface area is 151 Å². The fraction of sp³-hybridized carbons (Fsp3) is 0.333. The molecule has 2 aromatic heterocycles. The van der Waals surface area contributed by atoms with E-state index in [-0.39, 0.29) is 5.91 Å². The Kier molecular flexibility index (Phi) is 4.04. The van der Waals surface area contributed by atoms with Crippen molar-refractivity contribution in [1.29, 1.82) is 0 Å². The van der Waals surface area contributed by atoms with Crippen molar-refractivity contribution in [2.45, 2.75) is 12.5 Å². The van der Waals surface area contributed by atoms with Gasteiger partial charge in [0.2, 0.25) is 5.91 Å². The predicted octanol–water partition coefficient (Wildman–Crippen LogP) is 0.647. The molecular formula is C18H21N7O. The molecule has 134 valence electrons. The van der Waals surface area contributed by atoms with Crippen molar-refractivity contribution >= 4 is 17.4 Å². The molecule has 1 amide bonds. The van der Waals surface area contributed by atoms with Gasteiger partial charge < -0.3 is 15.5 Å². The first-order chi connectivity index (χ1) is 12.6. The SMILES string of the molecule is CC(N)(C(=O)N1CCN(c2ccc3nncn3n2)CC1)c1ccccc1. The van der Waals surface area contributed by atoms with Gasteiger partial charge in [0.15, 0.2) is 5.65 Å². The standard InChI is InChI=1S/C18H21N7O/c1-18(19,14-5-3-2-4-6-14)17(26)24-11-9-23(10-12-24)16-8-7-15-21-20-13-25(15)22-16/h2-8,13H,9-12,19H2,1H3. The minimum atomic E-state index is -1.02. The number of carbonyl (C=O) groups is 1. The number of amides is 1. The average molecular weight is 351 g/mol. The molecule has 1 unspecified atom stereocenters. The number of nitrogens with two attached hydrogens (primary N) is 1. The Morgan fingerprint density at radius 1 is 1.08 bits per heavy atom. The Hall–Kier alpha value is -3.00. The van der Waals surface area contributed by atoms with Crippen LogP contribution in [0.5, 0.6) is 0 Å². The van der Waals surface area contributed by atoms with Crippen LogP contribution in [-0.2, 0) is 10.3 Å². The smallest absolute Gasteiger partial charge is 0.247 e. The van der Waals surface area contributed by atoms with E-state index in [1.807, 2.05) is 47.4 Å². The molecule has 1 aromatic carbocycles. The van der Waals surface area contributed by atoms with Crippen LogP contribution >= 0.6 is 0 Å². The van der Waals surface area contributed by atoms with E-state index >= 15 is 0 Å². The quantitative estimate of drug-likeness (QED) is 0.745.